The summed E-state index contributed by atoms with van der Waals surface area (Å²) in [5.41, 5.74) is 0.428. The van der Waals surface area contributed by atoms with Gasteiger partial charge in [0.2, 0.25) is 0 Å². The molecular weight excluding hydrogens is 340 g/mol. The van der Waals surface area contributed by atoms with Crippen LogP contribution < -0.4 is 14.8 Å². The SMILES string of the molecule is CC(C)COc1cc(OC(C)C)cc(C(=O)Nc2ncc(CO)s2)c1. The summed E-state index contributed by atoms with van der Waals surface area (Å²) in [6.45, 7) is 8.42. The summed E-state index contributed by atoms with van der Waals surface area (Å²) in [5, 5.41) is 12.3. The van der Waals surface area contributed by atoms with E-state index in [1.807, 2.05) is 13.8 Å². The van der Waals surface area contributed by atoms with Crippen molar-refractivity contribution in [2.75, 3.05) is 11.9 Å². The Morgan fingerprint density at radius 3 is 2.56 bits per heavy atom. The summed E-state index contributed by atoms with van der Waals surface area (Å²) in [6, 6.07) is 5.15. The quantitative estimate of drug-likeness (QED) is 0.746. The number of rotatable bonds is 8. The molecule has 0 saturated heterocycles. The molecule has 1 aromatic carbocycles. The highest BCUT2D eigenvalue weighted by atomic mass is 32.1. The van der Waals surface area contributed by atoms with Gasteiger partial charge in [-0.3, -0.25) is 10.1 Å². The van der Waals surface area contributed by atoms with Gasteiger partial charge in [-0.2, -0.15) is 0 Å². The fourth-order valence-corrected chi connectivity index (χ4v) is 2.66. The molecule has 25 heavy (non-hydrogen) atoms. The van der Waals surface area contributed by atoms with Gasteiger partial charge in [0.25, 0.3) is 5.91 Å². The third kappa shape index (κ3) is 6.03. The zero-order valence-corrected chi connectivity index (χ0v) is 15.7. The highest BCUT2D eigenvalue weighted by Gasteiger charge is 2.13. The van der Waals surface area contributed by atoms with Crippen LogP contribution in [0.2, 0.25) is 0 Å². The first-order valence-electron chi connectivity index (χ1n) is 8.18. The van der Waals surface area contributed by atoms with Crippen molar-refractivity contribution in [3.8, 4) is 11.5 Å². The second-order valence-electron chi connectivity index (χ2n) is 6.31. The fraction of sp³-hybridized carbons (Fsp3) is 0.444. The van der Waals surface area contributed by atoms with E-state index in [1.165, 1.54) is 17.5 Å². The number of carbonyl (C=O) groups excluding carboxylic acids is 1. The van der Waals surface area contributed by atoms with E-state index in [2.05, 4.69) is 24.1 Å². The van der Waals surface area contributed by atoms with Crippen LogP contribution in [0, 0.1) is 5.92 Å². The predicted molar refractivity (Wildman–Crippen MR) is 98.5 cm³/mol. The van der Waals surface area contributed by atoms with E-state index < -0.39 is 0 Å². The Morgan fingerprint density at radius 2 is 1.96 bits per heavy atom. The molecule has 0 aliphatic carbocycles. The molecule has 0 fully saturated rings. The third-order valence-electron chi connectivity index (χ3n) is 3.03. The van der Waals surface area contributed by atoms with Crippen molar-refractivity contribution in [1.82, 2.24) is 4.98 Å². The summed E-state index contributed by atoms with van der Waals surface area (Å²) in [7, 11) is 0. The molecule has 1 aromatic heterocycles. The van der Waals surface area contributed by atoms with Crippen molar-refractivity contribution >= 4 is 22.4 Å². The Labute approximate surface area is 151 Å². The third-order valence-corrected chi connectivity index (χ3v) is 3.92. The Morgan fingerprint density at radius 1 is 1.24 bits per heavy atom. The zero-order valence-electron chi connectivity index (χ0n) is 14.9. The number of nitrogens with zero attached hydrogens (tertiary/aromatic N) is 1. The minimum absolute atomic E-state index is 0.0117. The van der Waals surface area contributed by atoms with Gasteiger partial charge in [0, 0.05) is 17.8 Å². The standard InChI is InChI=1S/C18H24N2O4S/c1-11(2)10-23-14-5-13(6-15(7-14)24-12(3)4)17(22)20-18-19-8-16(9-21)25-18/h5-8,11-12,21H,9-10H2,1-4H3,(H,19,20,22). The number of aliphatic hydroxyl groups excluding tert-OH is 1. The minimum Gasteiger partial charge on any atom is -0.493 e. The van der Waals surface area contributed by atoms with Crippen LogP contribution in [0.15, 0.2) is 24.4 Å². The molecule has 7 heteroatoms. The molecule has 0 bridgehead atoms. The lowest BCUT2D eigenvalue weighted by Gasteiger charge is -2.15. The Kier molecular flexibility index (Phi) is 6.78. The molecule has 2 N–H and O–H groups in total. The van der Waals surface area contributed by atoms with Gasteiger partial charge in [-0.05, 0) is 31.9 Å². The summed E-state index contributed by atoms with van der Waals surface area (Å²) < 4.78 is 11.5. The van der Waals surface area contributed by atoms with Crippen LogP contribution in [-0.4, -0.2) is 28.7 Å². The summed E-state index contributed by atoms with van der Waals surface area (Å²) in [5.74, 6) is 1.24. The van der Waals surface area contributed by atoms with E-state index in [4.69, 9.17) is 14.6 Å². The molecule has 0 unspecified atom stereocenters. The Hall–Kier alpha value is -2.12. The van der Waals surface area contributed by atoms with Gasteiger partial charge in [-0.1, -0.05) is 25.2 Å². The molecule has 6 nitrogen and oxygen atoms in total. The molecule has 1 heterocycles. The normalized spacial score (nSPS) is 11.0. The van der Waals surface area contributed by atoms with E-state index in [1.54, 1.807) is 18.2 Å². The van der Waals surface area contributed by atoms with Crippen molar-refractivity contribution in [3.63, 3.8) is 0 Å². The highest BCUT2D eigenvalue weighted by Crippen LogP contribution is 2.26. The molecule has 0 atom stereocenters. The molecule has 1 amide bonds. The van der Waals surface area contributed by atoms with E-state index in [0.29, 0.717) is 39.6 Å². The molecule has 0 saturated carbocycles. The van der Waals surface area contributed by atoms with Crippen LogP contribution >= 0.6 is 11.3 Å². The minimum atomic E-state index is -0.303. The average molecular weight is 364 g/mol. The molecule has 136 valence electrons. The highest BCUT2D eigenvalue weighted by molar-refractivity contribution is 7.15. The molecular formula is C18H24N2O4S. The molecule has 0 radical (unpaired) electrons. The van der Waals surface area contributed by atoms with Crippen LogP contribution in [0.5, 0.6) is 11.5 Å². The Balaban J connectivity index is 2.20. The summed E-state index contributed by atoms with van der Waals surface area (Å²) in [6.07, 6.45) is 1.53. The van der Waals surface area contributed by atoms with Gasteiger partial charge in [0.05, 0.1) is 24.2 Å². The van der Waals surface area contributed by atoms with E-state index in [9.17, 15) is 4.79 Å². The van der Waals surface area contributed by atoms with Crippen molar-refractivity contribution < 1.29 is 19.4 Å². The lowest BCUT2D eigenvalue weighted by molar-refractivity contribution is 0.102. The smallest absolute Gasteiger partial charge is 0.257 e. The number of aliphatic hydroxyl groups is 1. The lowest BCUT2D eigenvalue weighted by Crippen LogP contribution is -2.13. The van der Waals surface area contributed by atoms with Crippen LogP contribution in [0.25, 0.3) is 0 Å². The first-order chi connectivity index (χ1) is 11.9. The fourth-order valence-electron chi connectivity index (χ4n) is 2.00. The maximum Gasteiger partial charge on any atom is 0.257 e. The number of nitrogens with one attached hydrogen (secondary N) is 1. The van der Waals surface area contributed by atoms with Gasteiger partial charge >= 0.3 is 0 Å². The summed E-state index contributed by atoms with van der Waals surface area (Å²) in [4.78, 5) is 17.3. The molecule has 0 spiro atoms. The topological polar surface area (TPSA) is 80.7 Å². The van der Waals surface area contributed by atoms with E-state index >= 15 is 0 Å². The van der Waals surface area contributed by atoms with E-state index in [0.717, 1.165) is 0 Å². The van der Waals surface area contributed by atoms with Gasteiger partial charge in [-0.15, -0.1) is 0 Å². The van der Waals surface area contributed by atoms with Gasteiger partial charge in [0.15, 0.2) is 5.13 Å². The van der Waals surface area contributed by atoms with Crippen LogP contribution in [0.4, 0.5) is 5.13 Å². The zero-order chi connectivity index (χ0) is 18.4. The second-order valence-corrected chi connectivity index (χ2v) is 7.42. The number of thiazole rings is 1. The predicted octanol–water partition coefficient (Wildman–Crippen LogP) is 3.71. The van der Waals surface area contributed by atoms with Crippen molar-refractivity contribution in [2.24, 2.45) is 5.92 Å². The summed E-state index contributed by atoms with van der Waals surface area (Å²) >= 11 is 1.23. The van der Waals surface area contributed by atoms with Crippen LogP contribution in [-0.2, 0) is 6.61 Å². The van der Waals surface area contributed by atoms with Gasteiger partial charge in [0.1, 0.15) is 11.5 Å². The van der Waals surface area contributed by atoms with Crippen LogP contribution in [0.3, 0.4) is 0 Å². The number of amides is 1. The largest absolute Gasteiger partial charge is 0.493 e. The maximum absolute atomic E-state index is 12.5. The second kappa shape index (κ2) is 8.82. The number of anilines is 1. The molecule has 2 aromatic rings. The number of aromatic nitrogens is 1. The molecule has 0 aliphatic heterocycles. The Bertz CT molecular complexity index is 713. The molecule has 0 aliphatic rings. The number of benzene rings is 1. The first-order valence-corrected chi connectivity index (χ1v) is 9.00. The van der Waals surface area contributed by atoms with Gasteiger partial charge in [-0.25, -0.2) is 4.98 Å². The van der Waals surface area contributed by atoms with Crippen molar-refractivity contribution in [1.29, 1.82) is 0 Å². The number of hydrogen-bond donors (Lipinski definition) is 2. The van der Waals surface area contributed by atoms with Gasteiger partial charge < -0.3 is 14.6 Å². The average Bonchev–Trinajstić information content (AvgIpc) is 2.99. The maximum atomic E-state index is 12.5. The van der Waals surface area contributed by atoms with E-state index in [-0.39, 0.29) is 18.6 Å². The monoisotopic (exact) mass is 364 g/mol. The number of ether oxygens (including phenoxy) is 2. The number of carbonyl (C=O) groups is 1. The first kappa shape index (κ1) is 19.2. The van der Waals surface area contributed by atoms with Crippen molar-refractivity contribution in [2.45, 2.75) is 40.4 Å². The molecule has 2 rings (SSSR count). The van der Waals surface area contributed by atoms with Crippen molar-refractivity contribution in [3.05, 3.63) is 34.8 Å². The number of hydrogen-bond acceptors (Lipinski definition) is 6. The van der Waals surface area contributed by atoms with Crippen LogP contribution in [0.1, 0.15) is 42.9 Å². The lowest BCUT2D eigenvalue weighted by atomic mass is 10.2.